The van der Waals surface area contributed by atoms with Crippen LogP contribution in [0.3, 0.4) is 0 Å². The Kier molecular flexibility index (Phi) is 4.15. The molecule has 0 unspecified atom stereocenters. The Morgan fingerprint density at radius 3 is 2.71 bits per heavy atom. The Bertz CT molecular complexity index is 360. The maximum atomic E-state index is 12.0. The molecule has 1 aromatic carbocycles. The second kappa shape index (κ2) is 5.82. The lowest BCUT2D eigenvalue weighted by Crippen LogP contribution is -2.30. The van der Waals surface area contributed by atoms with Crippen molar-refractivity contribution in [2.24, 2.45) is 5.92 Å². The van der Waals surface area contributed by atoms with E-state index in [1.807, 2.05) is 37.4 Å². The standard InChI is InChI=1S/C14H19NO2/c1-15(9-10-17-11-12-7-8-12)14(16)13-5-3-2-4-6-13/h2-6,12H,7-11H2,1H3. The molecular weight excluding hydrogens is 214 g/mol. The summed E-state index contributed by atoms with van der Waals surface area (Å²) in [6, 6.07) is 9.35. The van der Waals surface area contributed by atoms with Gasteiger partial charge in [-0.2, -0.15) is 0 Å². The minimum Gasteiger partial charge on any atom is -0.379 e. The number of hydrogen-bond donors (Lipinski definition) is 0. The first-order valence-electron chi connectivity index (χ1n) is 6.15. The van der Waals surface area contributed by atoms with Gasteiger partial charge in [0.15, 0.2) is 0 Å². The van der Waals surface area contributed by atoms with E-state index in [0.29, 0.717) is 13.2 Å². The lowest BCUT2D eigenvalue weighted by atomic mass is 10.2. The quantitative estimate of drug-likeness (QED) is 0.705. The second-order valence-electron chi connectivity index (χ2n) is 4.61. The Hall–Kier alpha value is -1.35. The van der Waals surface area contributed by atoms with Crippen LogP contribution >= 0.6 is 0 Å². The molecule has 17 heavy (non-hydrogen) atoms. The van der Waals surface area contributed by atoms with Gasteiger partial charge in [0.2, 0.25) is 0 Å². The molecule has 0 N–H and O–H groups in total. The molecule has 1 aliphatic carbocycles. The van der Waals surface area contributed by atoms with Crippen molar-refractivity contribution >= 4 is 5.91 Å². The Morgan fingerprint density at radius 2 is 2.06 bits per heavy atom. The molecule has 0 aliphatic heterocycles. The first-order valence-corrected chi connectivity index (χ1v) is 6.15. The van der Waals surface area contributed by atoms with E-state index in [-0.39, 0.29) is 5.91 Å². The highest BCUT2D eigenvalue weighted by atomic mass is 16.5. The summed E-state index contributed by atoms with van der Waals surface area (Å²) in [4.78, 5) is 13.7. The third-order valence-corrected chi connectivity index (χ3v) is 2.99. The normalized spacial score (nSPS) is 14.6. The number of amides is 1. The number of carbonyl (C=O) groups is 1. The van der Waals surface area contributed by atoms with Gasteiger partial charge in [0.1, 0.15) is 0 Å². The van der Waals surface area contributed by atoms with E-state index in [1.54, 1.807) is 4.90 Å². The molecule has 0 saturated heterocycles. The van der Waals surface area contributed by atoms with Gasteiger partial charge in [-0.25, -0.2) is 0 Å². The van der Waals surface area contributed by atoms with Gasteiger partial charge in [0, 0.05) is 25.8 Å². The van der Waals surface area contributed by atoms with Crippen molar-refractivity contribution in [3.63, 3.8) is 0 Å². The molecule has 3 nitrogen and oxygen atoms in total. The average molecular weight is 233 g/mol. The molecule has 0 aromatic heterocycles. The molecule has 92 valence electrons. The van der Waals surface area contributed by atoms with Gasteiger partial charge in [0.05, 0.1) is 6.61 Å². The number of carbonyl (C=O) groups excluding carboxylic acids is 1. The van der Waals surface area contributed by atoms with Crippen LogP contribution < -0.4 is 0 Å². The van der Waals surface area contributed by atoms with Gasteiger partial charge in [-0.1, -0.05) is 18.2 Å². The fourth-order valence-electron chi connectivity index (χ4n) is 1.64. The topological polar surface area (TPSA) is 29.5 Å². The van der Waals surface area contributed by atoms with Crippen LogP contribution in [0.4, 0.5) is 0 Å². The predicted octanol–water partition coefficient (Wildman–Crippen LogP) is 2.19. The smallest absolute Gasteiger partial charge is 0.253 e. The van der Waals surface area contributed by atoms with E-state index in [1.165, 1.54) is 12.8 Å². The van der Waals surface area contributed by atoms with Gasteiger partial charge >= 0.3 is 0 Å². The van der Waals surface area contributed by atoms with Crippen LogP contribution in [0.1, 0.15) is 23.2 Å². The van der Waals surface area contributed by atoms with E-state index in [9.17, 15) is 4.79 Å². The number of nitrogens with zero attached hydrogens (tertiary/aromatic N) is 1. The number of ether oxygens (including phenoxy) is 1. The summed E-state index contributed by atoms with van der Waals surface area (Å²) in [6.07, 6.45) is 2.61. The highest BCUT2D eigenvalue weighted by molar-refractivity contribution is 5.93. The largest absolute Gasteiger partial charge is 0.379 e. The van der Waals surface area contributed by atoms with E-state index >= 15 is 0 Å². The van der Waals surface area contributed by atoms with Crippen LogP contribution in [0.15, 0.2) is 30.3 Å². The summed E-state index contributed by atoms with van der Waals surface area (Å²) in [7, 11) is 1.82. The molecule has 0 atom stereocenters. The summed E-state index contributed by atoms with van der Waals surface area (Å²) in [5, 5.41) is 0. The van der Waals surface area contributed by atoms with Crippen LogP contribution in [0.5, 0.6) is 0 Å². The predicted molar refractivity (Wildman–Crippen MR) is 66.9 cm³/mol. The maximum Gasteiger partial charge on any atom is 0.253 e. The van der Waals surface area contributed by atoms with Crippen molar-refractivity contribution in [2.75, 3.05) is 26.8 Å². The van der Waals surface area contributed by atoms with Crippen molar-refractivity contribution in [3.05, 3.63) is 35.9 Å². The van der Waals surface area contributed by atoms with Gasteiger partial charge in [-0.05, 0) is 30.9 Å². The first kappa shape index (κ1) is 12.1. The van der Waals surface area contributed by atoms with Crippen molar-refractivity contribution in [2.45, 2.75) is 12.8 Å². The second-order valence-corrected chi connectivity index (χ2v) is 4.61. The molecule has 1 saturated carbocycles. The number of hydrogen-bond acceptors (Lipinski definition) is 2. The lowest BCUT2D eigenvalue weighted by Gasteiger charge is -2.17. The molecule has 2 rings (SSSR count). The van der Waals surface area contributed by atoms with Crippen molar-refractivity contribution in [1.82, 2.24) is 4.90 Å². The van der Waals surface area contributed by atoms with Gasteiger partial charge < -0.3 is 9.64 Å². The molecule has 0 radical (unpaired) electrons. The zero-order valence-corrected chi connectivity index (χ0v) is 10.3. The number of rotatable bonds is 6. The van der Waals surface area contributed by atoms with Gasteiger partial charge in [-0.15, -0.1) is 0 Å². The number of likely N-dealkylation sites (N-methyl/N-ethyl adjacent to an activating group) is 1. The Morgan fingerprint density at radius 1 is 1.35 bits per heavy atom. The minimum atomic E-state index is 0.0561. The van der Waals surface area contributed by atoms with E-state index in [2.05, 4.69) is 0 Å². The van der Waals surface area contributed by atoms with E-state index < -0.39 is 0 Å². The fraction of sp³-hybridized carbons (Fsp3) is 0.500. The first-order chi connectivity index (χ1) is 8.27. The summed E-state index contributed by atoms with van der Waals surface area (Å²) >= 11 is 0. The molecule has 0 bridgehead atoms. The van der Waals surface area contributed by atoms with Crippen LogP contribution in [0.25, 0.3) is 0 Å². The molecular formula is C14H19NO2. The molecule has 0 spiro atoms. The Balaban J connectivity index is 1.71. The third kappa shape index (κ3) is 3.86. The molecule has 1 fully saturated rings. The van der Waals surface area contributed by atoms with Crippen LogP contribution in [0, 0.1) is 5.92 Å². The molecule has 1 amide bonds. The molecule has 0 heterocycles. The van der Waals surface area contributed by atoms with Gasteiger partial charge in [-0.3, -0.25) is 4.79 Å². The summed E-state index contributed by atoms with van der Waals surface area (Å²) in [6.45, 7) is 2.14. The van der Waals surface area contributed by atoms with Crippen LogP contribution in [0.2, 0.25) is 0 Å². The number of benzene rings is 1. The highest BCUT2D eigenvalue weighted by Crippen LogP contribution is 2.28. The van der Waals surface area contributed by atoms with E-state index in [4.69, 9.17) is 4.74 Å². The van der Waals surface area contributed by atoms with Crippen molar-refractivity contribution in [1.29, 1.82) is 0 Å². The van der Waals surface area contributed by atoms with Crippen molar-refractivity contribution in [3.8, 4) is 0 Å². The maximum absolute atomic E-state index is 12.0. The fourth-order valence-corrected chi connectivity index (χ4v) is 1.64. The van der Waals surface area contributed by atoms with Crippen LogP contribution in [-0.4, -0.2) is 37.6 Å². The SMILES string of the molecule is CN(CCOCC1CC1)C(=O)c1ccccc1. The van der Waals surface area contributed by atoms with Gasteiger partial charge in [0.25, 0.3) is 5.91 Å². The average Bonchev–Trinajstić information content (AvgIpc) is 3.18. The third-order valence-electron chi connectivity index (χ3n) is 2.99. The van der Waals surface area contributed by atoms with Crippen LogP contribution in [-0.2, 0) is 4.74 Å². The summed E-state index contributed by atoms with van der Waals surface area (Å²) < 4.78 is 5.52. The van der Waals surface area contributed by atoms with E-state index in [0.717, 1.165) is 18.1 Å². The Labute approximate surface area is 102 Å². The molecule has 1 aliphatic rings. The highest BCUT2D eigenvalue weighted by Gasteiger charge is 2.21. The molecule has 1 aromatic rings. The summed E-state index contributed by atoms with van der Waals surface area (Å²) in [5.74, 6) is 0.839. The zero-order valence-electron chi connectivity index (χ0n) is 10.3. The molecule has 3 heteroatoms. The lowest BCUT2D eigenvalue weighted by molar-refractivity contribution is 0.0681. The zero-order chi connectivity index (χ0) is 12.1. The summed E-state index contributed by atoms with van der Waals surface area (Å²) in [5.41, 5.74) is 0.734. The minimum absolute atomic E-state index is 0.0561. The monoisotopic (exact) mass is 233 g/mol. The van der Waals surface area contributed by atoms with Crippen molar-refractivity contribution < 1.29 is 9.53 Å².